The van der Waals surface area contributed by atoms with E-state index in [0.717, 1.165) is 27.8 Å². The van der Waals surface area contributed by atoms with Crippen LogP contribution in [0.2, 0.25) is 0 Å². The lowest BCUT2D eigenvalue weighted by Crippen LogP contribution is -2.14. The van der Waals surface area contributed by atoms with Crippen LogP contribution in [0.5, 0.6) is 0 Å². The van der Waals surface area contributed by atoms with Crippen LogP contribution in [0.15, 0.2) is 79.1 Å². The summed E-state index contributed by atoms with van der Waals surface area (Å²) >= 11 is 0. The van der Waals surface area contributed by atoms with Gasteiger partial charge in [0, 0.05) is 30.0 Å². The monoisotopic (exact) mass is 356 g/mol. The Morgan fingerprint density at radius 1 is 0.852 bits per heavy atom. The number of fused-ring (bicyclic) bond motifs is 1. The zero-order chi connectivity index (χ0) is 18.5. The highest BCUT2D eigenvalue weighted by molar-refractivity contribution is 5.90. The third-order valence-corrected chi connectivity index (χ3v) is 4.47. The van der Waals surface area contributed by atoms with E-state index >= 15 is 0 Å². The van der Waals surface area contributed by atoms with E-state index in [1.54, 1.807) is 12.4 Å². The predicted molar refractivity (Wildman–Crippen MR) is 107 cm³/mol. The van der Waals surface area contributed by atoms with E-state index < -0.39 is 0 Å². The minimum atomic E-state index is -0.0419. The van der Waals surface area contributed by atoms with Crippen molar-refractivity contribution in [2.75, 3.05) is 11.9 Å². The molecule has 0 radical (unpaired) electrons. The number of hydrogen-bond acceptors (Lipinski definition) is 5. The van der Waals surface area contributed by atoms with E-state index in [-0.39, 0.29) is 12.6 Å². The van der Waals surface area contributed by atoms with E-state index in [1.165, 1.54) is 0 Å². The molecule has 5 nitrogen and oxygen atoms in total. The van der Waals surface area contributed by atoms with Crippen molar-refractivity contribution < 1.29 is 5.11 Å². The first-order chi connectivity index (χ1) is 13.3. The number of nitrogens with zero attached hydrogens (tertiary/aromatic N) is 3. The average Bonchev–Trinajstić information content (AvgIpc) is 2.74. The molecule has 4 aromatic rings. The molecule has 0 aliphatic rings. The van der Waals surface area contributed by atoms with Crippen molar-refractivity contribution >= 4 is 16.7 Å². The Hall–Kier alpha value is -3.31. The molecule has 0 unspecified atom stereocenters. The van der Waals surface area contributed by atoms with Crippen LogP contribution < -0.4 is 5.32 Å². The molecule has 2 aromatic carbocycles. The molecule has 0 aliphatic heterocycles. The SMILES string of the molecule is OCC[C@@H](Nc1nc(-c2ccncc2)nc2ccccc12)c1ccccc1. The Labute approximate surface area is 157 Å². The first-order valence-corrected chi connectivity index (χ1v) is 8.94. The van der Waals surface area contributed by atoms with Crippen LogP contribution >= 0.6 is 0 Å². The summed E-state index contributed by atoms with van der Waals surface area (Å²) in [6, 6.07) is 21.8. The molecule has 0 saturated carbocycles. The van der Waals surface area contributed by atoms with Crippen molar-refractivity contribution in [1.82, 2.24) is 15.0 Å². The number of hydrogen-bond donors (Lipinski definition) is 2. The van der Waals surface area contributed by atoms with Gasteiger partial charge in [-0.05, 0) is 36.2 Å². The summed E-state index contributed by atoms with van der Waals surface area (Å²) in [6.07, 6.45) is 4.06. The maximum Gasteiger partial charge on any atom is 0.162 e. The minimum Gasteiger partial charge on any atom is -0.396 e. The van der Waals surface area contributed by atoms with E-state index in [4.69, 9.17) is 9.97 Å². The third kappa shape index (κ3) is 3.78. The molecule has 4 rings (SSSR count). The molecule has 0 fully saturated rings. The lowest BCUT2D eigenvalue weighted by molar-refractivity contribution is 0.280. The number of rotatable bonds is 6. The number of pyridine rings is 1. The van der Waals surface area contributed by atoms with Crippen molar-refractivity contribution in [3.8, 4) is 11.4 Å². The quantitative estimate of drug-likeness (QED) is 0.541. The van der Waals surface area contributed by atoms with Crippen LogP contribution in [0, 0.1) is 0 Å². The summed E-state index contributed by atoms with van der Waals surface area (Å²) in [7, 11) is 0. The number of nitrogens with one attached hydrogen (secondary N) is 1. The Kier molecular flexibility index (Phi) is 5.03. The van der Waals surface area contributed by atoms with Crippen LogP contribution in [-0.4, -0.2) is 26.7 Å². The second-order valence-electron chi connectivity index (χ2n) is 6.27. The van der Waals surface area contributed by atoms with E-state index in [1.807, 2.05) is 54.6 Å². The molecule has 0 amide bonds. The largest absolute Gasteiger partial charge is 0.396 e. The Morgan fingerprint density at radius 2 is 1.59 bits per heavy atom. The van der Waals surface area contributed by atoms with Gasteiger partial charge in [0.15, 0.2) is 5.82 Å². The molecule has 2 aromatic heterocycles. The minimum absolute atomic E-state index is 0.0419. The van der Waals surface area contributed by atoms with E-state index in [0.29, 0.717) is 12.2 Å². The van der Waals surface area contributed by atoms with Crippen molar-refractivity contribution in [3.05, 3.63) is 84.7 Å². The summed E-state index contributed by atoms with van der Waals surface area (Å²) in [4.78, 5) is 13.6. The highest BCUT2D eigenvalue weighted by atomic mass is 16.3. The fourth-order valence-electron chi connectivity index (χ4n) is 3.12. The Balaban J connectivity index is 1.79. The Morgan fingerprint density at radius 3 is 2.37 bits per heavy atom. The Bertz CT molecular complexity index is 1020. The third-order valence-electron chi connectivity index (χ3n) is 4.47. The van der Waals surface area contributed by atoms with Crippen LogP contribution in [0.25, 0.3) is 22.3 Å². The van der Waals surface area contributed by atoms with E-state index in [9.17, 15) is 5.11 Å². The zero-order valence-electron chi connectivity index (χ0n) is 14.8. The topological polar surface area (TPSA) is 70.9 Å². The maximum atomic E-state index is 9.54. The molecule has 5 heteroatoms. The van der Waals surface area contributed by atoms with Gasteiger partial charge in [-0.2, -0.15) is 0 Å². The van der Waals surface area contributed by atoms with Gasteiger partial charge in [0.25, 0.3) is 0 Å². The summed E-state index contributed by atoms with van der Waals surface area (Å²) in [5.74, 6) is 1.41. The van der Waals surface area contributed by atoms with Crippen LogP contribution in [-0.2, 0) is 0 Å². The molecule has 0 saturated heterocycles. The standard InChI is InChI=1S/C22H20N4O/c27-15-12-19(16-6-2-1-3-7-16)24-22-18-8-4-5-9-20(18)25-21(26-22)17-10-13-23-14-11-17/h1-11,13-14,19,27H,12,15H2,(H,24,25,26)/t19-/m1/s1. The maximum absolute atomic E-state index is 9.54. The van der Waals surface area contributed by atoms with Crippen LogP contribution in [0.4, 0.5) is 5.82 Å². The van der Waals surface area contributed by atoms with Crippen LogP contribution in [0.1, 0.15) is 18.0 Å². The zero-order valence-corrected chi connectivity index (χ0v) is 14.8. The first kappa shape index (κ1) is 17.1. The van der Waals surface area contributed by atoms with Gasteiger partial charge < -0.3 is 10.4 Å². The lowest BCUT2D eigenvalue weighted by Gasteiger charge is -2.20. The summed E-state index contributed by atoms with van der Waals surface area (Å²) in [5, 5.41) is 14.0. The molecular weight excluding hydrogens is 336 g/mol. The van der Waals surface area contributed by atoms with Crippen LogP contribution in [0.3, 0.4) is 0 Å². The number of para-hydroxylation sites is 1. The highest BCUT2D eigenvalue weighted by Gasteiger charge is 2.15. The van der Waals surface area contributed by atoms with Crippen molar-refractivity contribution in [2.24, 2.45) is 0 Å². The molecular formula is C22H20N4O. The average molecular weight is 356 g/mol. The van der Waals surface area contributed by atoms with Crippen molar-refractivity contribution in [3.63, 3.8) is 0 Å². The molecule has 134 valence electrons. The summed E-state index contributed by atoms with van der Waals surface area (Å²) in [5.41, 5.74) is 2.90. The van der Waals surface area contributed by atoms with Gasteiger partial charge in [0.2, 0.25) is 0 Å². The van der Waals surface area contributed by atoms with Crippen molar-refractivity contribution in [2.45, 2.75) is 12.5 Å². The molecule has 2 heterocycles. The lowest BCUT2D eigenvalue weighted by atomic mass is 10.0. The number of aromatic nitrogens is 3. The van der Waals surface area contributed by atoms with Gasteiger partial charge in [0.1, 0.15) is 5.82 Å². The molecule has 2 N–H and O–H groups in total. The predicted octanol–water partition coefficient (Wildman–Crippen LogP) is 4.23. The fourth-order valence-corrected chi connectivity index (χ4v) is 3.12. The summed E-state index contributed by atoms with van der Waals surface area (Å²) < 4.78 is 0. The number of aliphatic hydroxyl groups excluding tert-OH is 1. The van der Waals surface area contributed by atoms with Crippen molar-refractivity contribution in [1.29, 1.82) is 0 Å². The van der Waals surface area contributed by atoms with E-state index in [2.05, 4.69) is 22.4 Å². The van der Waals surface area contributed by atoms with Gasteiger partial charge in [-0.3, -0.25) is 4.98 Å². The van der Waals surface area contributed by atoms with Gasteiger partial charge in [-0.25, -0.2) is 9.97 Å². The summed E-state index contributed by atoms with van der Waals surface area (Å²) in [6.45, 7) is 0.0901. The van der Waals surface area contributed by atoms with Gasteiger partial charge in [-0.1, -0.05) is 42.5 Å². The fraction of sp³-hybridized carbons (Fsp3) is 0.136. The second kappa shape index (κ2) is 7.93. The molecule has 0 bridgehead atoms. The smallest absolute Gasteiger partial charge is 0.162 e. The van der Waals surface area contributed by atoms with Gasteiger partial charge in [-0.15, -0.1) is 0 Å². The number of benzene rings is 2. The first-order valence-electron chi connectivity index (χ1n) is 8.94. The molecule has 27 heavy (non-hydrogen) atoms. The van der Waals surface area contributed by atoms with Gasteiger partial charge in [0.05, 0.1) is 11.6 Å². The molecule has 1 atom stereocenters. The second-order valence-corrected chi connectivity index (χ2v) is 6.27. The highest BCUT2D eigenvalue weighted by Crippen LogP contribution is 2.29. The molecule has 0 aliphatic carbocycles. The number of aliphatic hydroxyl groups is 1. The molecule has 0 spiro atoms. The van der Waals surface area contributed by atoms with Gasteiger partial charge >= 0.3 is 0 Å². The normalized spacial score (nSPS) is 12.0. The number of anilines is 1.